The number of nitrogens with zero attached hydrogens (tertiary/aromatic N) is 3. The lowest BCUT2D eigenvalue weighted by Crippen LogP contribution is -2.43. The van der Waals surface area contributed by atoms with Crippen LogP contribution in [-0.4, -0.2) is 51.5 Å². The van der Waals surface area contributed by atoms with Gasteiger partial charge in [0.05, 0.1) is 17.9 Å². The third-order valence-electron chi connectivity index (χ3n) is 6.88. The largest absolute Gasteiger partial charge is 0.353 e. The first-order chi connectivity index (χ1) is 18.0. The number of aryl methyl sites for hydroxylation is 1. The van der Waals surface area contributed by atoms with Gasteiger partial charge in [-0.05, 0) is 49.1 Å². The van der Waals surface area contributed by atoms with Gasteiger partial charge in [0, 0.05) is 17.3 Å². The molecule has 2 heterocycles. The Morgan fingerprint density at radius 3 is 2.54 bits per heavy atom. The molecule has 2 N–H and O–H groups in total. The number of aliphatic imine (C=N–C) groups is 2. The molecular weight excluding hydrogens is 486 g/mol. The number of fused-ring (bicyclic) bond motifs is 3. The smallest absolute Gasteiger partial charge is 0.259 e. The van der Waals surface area contributed by atoms with Crippen molar-refractivity contribution in [2.75, 3.05) is 11.1 Å². The zero-order valence-corrected chi connectivity index (χ0v) is 21.7. The average Bonchev–Trinajstić information content (AvgIpc) is 3.24. The molecule has 0 radical (unpaired) electrons. The van der Waals surface area contributed by atoms with Crippen molar-refractivity contribution >= 4 is 51.9 Å². The molecule has 0 bridgehead atoms. The van der Waals surface area contributed by atoms with Crippen LogP contribution in [-0.2, 0) is 20.8 Å². The minimum Gasteiger partial charge on any atom is -0.353 e. The minimum atomic E-state index is -0.804. The average molecular weight is 518 g/mol. The second-order valence-electron chi connectivity index (χ2n) is 9.55. The minimum absolute atomic E-state index is 0.00366. The van der Waals surface area contributed by atoms with Crippen molar-refractivity contribution in [1.82, 2.24) is 10.2 Å². The van der Waals surface area contributed by atoms with Crippen LogP contribution in [0, 0.1) is 0 Å². The fourth-order valence-electron chi connectivity index (χ4n) is 4.89. The molecule has 2 aromatic carbocycles. The molecule has 0 saturated heterocycles. The summed E-state index contributed by atoms with van der Waals surface area (Å²) in [6.07, 6.45) is 6.35. The standard InChI is InChI=1S/C28H31N5O3S/c1-2-18-12-14-20(15-13-18)30-25(35)17-37-28-32-22-11-7-6-10-21(22)26-31-23(27(36)33(26)28)16-24(34)29-19-8-4-3-5-9-19/h6-7,10-15,19,23H,2-5,8-9,16-17H2,1H3,(H,29,34)(H,30,35)/t23-/m0/s1. The molecule has 1 atom stereocenters. The lowest BCUT2D eigenvalue weighted by Gasteiger charge is -2.25. The molecule has 1 aliphatic carbocycles. The van der Waals surface area contributed by atoms with Crippen molar-refractivity contribution in [3.63, 3.8) is 0 Å². The topological polar surface area (TPSA) is 103 Å². The number of benzene rings is 2. The molecule has 1 fully saturated rings. The number of para-hydroxylation sites is 1. The van der Waals surface area contributed by atoms with Gasteiger partial charge in [-0.15, -0.1) is 0 Å². The van der Waals surface area contributed by atoms with Gasteiger partial charge in [0.25, 0.3) is 5.91 Å². The Hall–Kier alpha value is -3.46. The second-order valence-corrected chi connectivity index (χ2v) is 10.5. The van der Waals surface area contributed by atoms with E-state index in [-0.39, 0.29) is 35.9 Å². The first kappa shape index (κ1) is 25.2. The first-order valence-corrected chi connectivity index (χ1v) is 13.9. The van der Waals surface area contributed by atoms with Crippen molar-refractivity contribution in [3.05, 3.63) is 59.7 Å². The molecule has 2 aromatic rings. The number of amidine groups is 2. The Kier molecular flexibility index (Phi) is 7.69. The van der Waals surface area contributed by atoms with Crippen molar-refractivity contribution in [1.29, 1.82) is 0 Å². The van der Waals surface area contributed by atoms with E-state index in [1.54, 1.807) is 0 Å². The zero-order valence-electron chi connectivity index (χ0n) is 20.9. The van der Waals surface area contributed by atoms with Crippen molar-refractivity contribution in [2.45, 2.75) is 64.0 Å². The molecule has 5 rings (SSSR count). The number of hydrogen-bond donors (Lipinski definition) is 2. The van der Waals surface area contributed by atoms with Gasteiger partial charge in [-0.3, -0.25) is 19.4 Å². The number of carbonyl (C=O) groups excluding carboxylic acids is 3. The van der Waals surface area contributed by atoms with Crippen LogP contribution in [0.4, 0.5) is 11.4 Å². The monoisotopic (exact) mass is 517 g/mol. The van der Waals surface area contributed by atoms with Crippen LogP contribution in [0.25, 0.3) is 0 Å². The molecule has 192 valence electrons. The molecular formula is C28H31N5O3S. The van der Waals surface area contributed by atoms with E-state index in [1.807, 2.05) is 48.5 Å². The summed E-state index contributed by atoms with van der Waals surface area (Å²) in [5.74, 6) is -0.0543. The van der Waals surface area contributed by atoms with Gasteiger partial charge < -0.3 is 10.6 Å². The van der Waals surface area contributed by atoms with Crippen molar-refractivity contribution < 1.29 is 14.4 Å². The number of amides is 3. The number of carbonyl (C=O) groups is 3. The van der Waals surface area contributed by atoms with Crippen LogP contribution >= 0.6 is 11.8 Å². The molecule has 3 aliphatic rings. The Morgan fingerprint density at radius 1 is 1.03 bits per heavy atom. The summed E-state index contributed by atoms with van der Waals surface area (Å²) in [4.78, 5) is 49.6. The number of rotatable bonds is 7. The maximum atomic E-state index is 13.4. The van der Waals surface area contributed by atoms with Crippen molar-refractivity contribution in [2.24, 2.45) is 9.98 Å². The molecule has 1 saturated carbocycles. The van der Waals surface area contributed by atoms with E-state index in [2.05, 4.69) is 27.5 Å². The second kappa shape index (κ2) is 11.3. The Bertz CT molecular complexity index is 1250. The molecule has 9 heteroatoms. The van der Waals surface area contributed by atoms with E-state index in [1.165, 1.54) is 28.6 Å². The Morgan fingerprint density at radius 2 is 1.78 bits per heavy atom. The molecule has 0 unspecified atom stereocenters. The van der Waals surface area contributed by atoms with Crippen LogP contribution in [0.1, 0.15) is 56.6 Å². The Labute approximate surface area is 221 Å². The third kappa shape index (κ3) is 5.77. The highest BCUT2D eigenvalue weighted by atomic mass is 32.2. The summed E-state index contributed by atoms with van der Waals surface area (Å²) in [7, 11) is 0. The predicted octanol–water partition coefficient (Wildman–Crippen LogP) is 4.42. The lowest BCUT2D eigenvalue weighted by molar-refractivity contribution is -0.129. The normalized spacial score (nSPS) is 19.0. The molecule has 0 spiro atoms. The fourth-order valence-corrected chi connectivity index (χ4v) is 5.69. The number of thioether (sulfide) groups is 1. The highest BCUT2D eigenvalue weighted by Gasteiger charge is 2.42. The summed E-state index contributed by atoms with van der Waals surface area (Å²) in [6, 6.07) is 14.6. The molecule has 0 aromatic heterocycles. The summed E-state index contributed by atoms with van der Waals surface area (Å²) in [5.41, 5.74) is 3.36. The molecule has 8 nitrogen and oxygen atoms in total. The van der Waals surface area contributed by atoms with Gasteiger partial charge in [0.2, 0.25) is 11.8 Å². The van der Waals surface area contributed by atoms with Gasteiger partial charge in [-0.25, -0.2) is 9.89 Å². The maximum absolute atomic E-state index is 13.4. The number of anilines is 1. The summed E-state index contributed by atoms with van der Waals surface area (Å²) < 4.78 is 0. The van der Waals surface area contributed by atoms with Gasteiger partial charge in [0.1, 0.15) is 11.9 Å². The van der Waals surface area contributed by atoms with Crippen LogP contribution in [0.3, 0.4) is 0 Å². The van der Waals surface area contributed by atoms with E-state index in [0.29, 0.717) is 16.7 Å². The highest BCUT2D eigenvalue weighted by Crippen LogP contribution is 2.34. The molecule has 3 amide bonds. The van der Waals surface area contributed by atoms with E-state index in [4.69, 9.17) is 0 Å². The summed E-state index contributed by atoms with van der Waals surface area (Å²) in [6.45, 7) is 2.08. The van der Waals surface area contributed by atoms with Crippen molar-refractivity contribution in [3.8, 4) is 0 Å². The van der Waals surface area contributed by atoms with Gasteiger partial charge >= 0.3 is 0 Å². The van der Waals surface area contributed by atoms with Crippen LogP contribution < -0.4 is 10.6 Å². The number of nitrogens with one attached hydrogen (secondary N) is 2. The van der Waals surface area contributed by atoms with Crippen LogP contribution in [0.5, 0.6) is 0 Å². The van der Waals surface area contributed by atoms with Crippen LogP contribution in [0.2, 0.25) is 0 Å². The fraction of sp³-hybridized carbons (Fsp3) is 0.393. The van der Waals surface area contributed by atoms with Gasteiger partial charge in [-0.1, -0.05) is 62.2 Å². The maximum Gasteiger partial charge on any atom is 0.259 e. The highest BCUT2D eigenvalue weighted by molar-refractivity contribution is 8.14. The van der Waals surface area contributed by atoms with Gasteiger partial charge in [-0.2, -0.15) is 0 Å². The Balaban J connectivity index is 1.27. The van der Waals surface area contributed by atoms with E-state index < -0.39 is 6.04 Å². The summed E-state index contributed by atoms with van der Waals surface area (Å²) in [5, 5.41) is 6.37. The first-order valence-electron chi connectivity index (χ1n) is 12.9. The molecule has 2 aliphatic heterocycles. The number of hydrogen-bond acceptors (Lipinski definition) is 6. The third-order valence-corrected chi connectivity index (χ3v) is 7.81. The zero-order chi connectivity index (χ0) is 25.8. The predicted molar refractivity (Wildman–Crippen MR) is 147 cm³/mol. The molecule has 37 heavy (non-hydrogen) atoms. The summed E-state index contributed by atoms with van der Waals surface area (Å²) >= 11 is 1.19. The lowest BCUT2D eigenvalue weighted by atomic mass is 9.95. The van der Waals surface area contributed by atoms with E-state index >= 15 is 0 Å². The van der Waals surface area contributed by atoms with E-state index in [0.717, 1.165) is 43.4 Å². The van der Waals surface area contributed by atoms with Crippen LogP contribution in [0.15, 0.2) is 58.5 Å². The SMILES string of the molecule is CCc1ccc(NC(=O)CSC2=Nc3ccccc3C3=N[C@@H](CC(=O)NC4CCCCC4)C(=O)N23)cc1. The van der Waals surface area contributed by atoms with E-state index in [9.17, 15) is 14.4 Å². The van der Waals surface area contributed by atoms with Gasteiger partial charge in [0.15, 0.2) is 5.17 Å². The quantitative estimate of drug-likeness (QED) is 0.568.